The molecule has 0 aromatic heterocycles. The van der Waals surface area contributed by atoms with Crippen molar-refractivity contribution >= 4 is 26.0 Å². The van der Waals surface area contributed by atoms with Gasteiger partial charge in [-0.2, -0.15) is 0 Å². The smallest absolute Gasteiger partial charge is 0.244 e. The van der Waals surface area contributed by atoms with Crippen molar-refractivity contribution in [3.8, 4) is 5.75 Å². The molecule has 21 heavy (non-hydrogen) atoms. The molecule has 0 spiro atoms. The third-order valence-corrected chi connectivity index (χ3v) is 5.77. The van der Waals surface area contributed by atoms with E-state index in [1.54, 1.807) is 18.2 Å². The first kappa shape index (κ1) is 16.7. The predicted octanol–water partition coefficient (Wildman–Crippen LogP) is 2.25. The maximum atomic E-state index is 12.6. The number of hydrogen-bond acceptors (Lipinski definition) is 4. The summed E-state index contributed by atoms with van der Waals surface area (Å²) < 4.78 is 34.2. The largest absolute Gasteiger partial charge is 0.492 e. The minimum absolute atomic E-state index is 0.0894. The van der Waals surface area contributed by atoms with Crippen LogP contribution in [0.3, 0.4) is 0 Å². The van der Waals surface area contributed by atoms with Crippen LogP contribution in [0, 0.1) is 5.92 Å². The molecule has 0 bridgehead atoms. The molecule has 118 valence electrons. The molecular formula is C14H21BrN2O3S. The highest BCUT2D eigenvalue weighted by atomic mass is 79.9. The molecule has 2 rings (SSSR count). The van der Waals surface area contributed by atoms with Crippen molar-refractivity contribution in [1.29, 1.82) is 0 Å². The summed E-state index contributed by atoms with van der Waals surface area (Å²) in [5.41, 5.74) is 5.72. The SMILES string of the molecule is CCOc1ccc(Br)cc1S(=O)(=O)NC1CCCC1CN. The maximum absolute atomic E-state index is 12.6. The van der Waals surface area contributed by atoms with Crippen LogP contribution in [0.25, 0.3) is 0 Å². The number of sulfonamides is 1. The van der Waals surface area contributed by atoms with Crippen LogP contribution < -0.4 is 15.2 Å². The highest BCUT2D eigenvalue weighted by Gasteiger charge is 2.31. The molecule has 5 nitrogen and oxygen atoms in total. The summed E-state index contributed by atoms with van der Waals surface area (Å²) in [6.45, 7) is 2.75. The number of hydrogen-bond donors (Lipinski definition) is 2. The molecular weight excluding hydrogens is 356 g/mol. The Morgan fingerprint density at radius 2 is 2.19 bits per heavy atom. The van der Waals surface area contributed by atoms with Gasteiger partial charge in [0.05, 0.1) is 6.61 Å². The Balaban J connectivity index is 2.28. The van der Waals surface area contributed by atoms with Crippen LogP contribution in [0.2, 0.25) is 0 Å². The van der Waals surface area contributed by atoms with E-state index in [1.807, 2.05) is 6.92 Å². The topological polar surface area (TPSA) is 81.4 Å². The summed E-state index contributed by atoms with van der Waals surface area (Å²) in [6, 6.07) is 4.91. The molecule has 1 aromatic rings. The quantitative estimate of drug-likeness (QED) is 0.797. The summed E-state index contributed by atoms with van der Waals surface area (Å²) in [6.07, 6.45) is 2.81. The van der Waals surface area contributed by atoms with Crippen LogP contribution in [0.4, 0.5) is 0 Å². The fourth-order valence-electron chi connectivity index (χ4n) is 2.70. The van der Waals surface area contributed by atoms with Crippen LogP contribution in [0.5, 0.6) is 5.75 Å². The van der Waals surface area contributed by atoms with Crippen molar-refractivity contribution in [3.05, 3.63) is 22.7 Å². The molecule has 0 heterocycles. The zero-order valence-corrected chi connectivity index (χ0v) is 14.4. The number of nitrogens with two attached hydrogens (primary N) is 1. The summed E-state index contributed by atoms with van der Waals surface area (Å²) in [4.78, 5) is 0.168. The molecule has 0 amide bonds. The Bertz CT molecular complexity index is 592. The van der Waals surface area contributed by atoms with Crippen LogP contribution in [-0.4, -0.2) is 27.6 Å². The lowest BCUT2D eigenvalue weighted by Crippen LogP contribution is -2.39. The molecule has 2 atom stereocenters. The number of benzene rings is 1. The minimum Gasteiger partial charge on any atom is -0.492 e. The van der Waals surface area contributed by atoms with Gasteiger partial charge < -0.3 is 10.5 Å². The summed E-state index contributed by atoms with van der Waals surface area (Å²) in [7, 11) is -3.62. The van der Waals surface area contributed by atoms with Crippen molar-refractivity contribution in [3.63, 3.8) is 0 Å². The molecule has 0 aliphatic heterocycles. The summed E-state index contributed by atoms with van der Waals surface area (Å²) in [5, 5.41) is 0. The van der Waals surface area contributed by atoms with Gasteiger partial charge in [0.2, 0.25) is 10.0 Å². The Labute approximate surface area is 134 Å². The van der Waals surface area contributed by atoms with E-state index < -0.39 is 10.0 Å². The minimum atomic E-state index is -3.62. The van der Waals surface area contributed by atoms with Gasteiger partial charge in [0, 0.05) is 10.5 Å². The van der Waals surface area contributed by atoms with Crippen molar-refractivity contribution in [2.75, 3.05) is 13.2 Å². The zero-order valence-electron chi connectivity index (χ0n) is 12.0. The Kier molecular flexibility index (Phi) is 5.65. The molecule has 1 aromatic carbocycles. The Hall–Kier alpha value is -0.630. The van der Waals surface area contributed by atoms with E-state index in [0.29, 0.717) is 23.4 Å². The van der Waals surface area contributed by atoms with Gasteiger partial charge in [0.15, 0.2) is 0 Å². The normalized spacial score (nSPS) is 22.4. The molecule has 2 unspecified atom stereocenters. The van der Waals surface area contributed by atoms with Crippen molar-refractivity contribution in [1.82, 2.24) is 4.72 Å². The van der Waals surface area contributed by atoms with Gasteiger partial charge in [0.1, 0.15) is 10.6 Å². The van der Waals surface area contributed by atoms with Crippen molar-refractivity contribution in [2.24, 2.45) is 11.7 Å². The lowest BCUT2D eigenvalue weighted by Gasteiger charge is -2.20. The van der Waals surface area contributed by atoms with E-state index >= 15 is 0 Å². The van der Waals surface area contributed by atoms with Gasteiger partial charge in [-0.3, -0.25) is 0 Å². The van der Waals surface area contributed by atoms with E-state index in [4.69, 9.17) is 10.5 Å². The first-order chi connectivity index (χ1) is 9.97. The van der Waals surface area contributed by atoms with Gasteiger partial charge >= 0.3 is 0 Å². The second-order valence-electron chi connectivity index (χ2n) is 5.18. The molecule has 1 saturated carbocycles. The molecule has 0 radical (unpaired) electrons. The standard InChI is InChI=1S/C14H21BrN2O3S/c1-2-20-13-7-6-11(15)8-14(13)21(18,19)17-12-5-3-4-10(12)9-16/h6-8,10,12,17H,2-5,9,16H2,1H3. The molecule has 3 N–H and O–H groups in total. The number of nitrogens with one attached hydrogen (secondary N) is 1. The first-order valence-corrected chi connectivity index (χ1v) is 9.40. The summed E-state index contributed by atoms with van der Waals surface area (Å²) >= 11 is 3.31. The Morgan fingerprint density at radius 1 is 1.43 bits per heavy atom. The van der Waals surface area contributed by atoms with E-state index in [-0.39, 0.29) is 16.9 Å². The second kappa shape index (κ2) is 7.09. The fraction of sp³-hybridized carbons (Fsp3) is 0.571. The highest BCUT2D eigenvalue weighted by Crippen LogP contribution is 2.30. The Morgan fingerprint density at radius 3 is 2.86 bits per heavy atom. The molecule has 0 saturated heterocycles. The molecule has 7 heteroatoms. The third kappa shape index (κ3) is 3.97. The van der Waals surface area contributed by atoms with Gasteiger partial charge in [-0.25, -0.2) is 13.1 Å². The second-order valence-corrected chi connectivity index (χ2v) is 7.78. The lowest BCUT2D eigenvalue weighted by atomic mass is 10.1. The molecule has 1 aliphatic rings. The monoisotopic (exact) mass is 376 g/mol. The van der Waals surface area contributed by atoms with Gasteiger partial charge in [-0.1, -0.05) is 22.4 Å². The third-order valence-electron chi connectivity index (χ3n) is 3.76. The lowest BCUT2D eigenvalue weighted by molar-refractivity contribution is 0.330. The van der Waals surface area contributed by atoms with E-state index in [2.05, 4.69) is 20.7 Å². The zero-order chi connectivity index (χ0) is 15.5. The number of halogens is 1. The fourth-order valence-corrected chi connectivity index (χ4v) is 4.73. The number of rotatable bonds is 6. The van der Waals surface area contributed by atoms with E-state index in [1.165, 1.54) is 0 Å². The maximum Gasteiger partial charge on any atom is 0.244 e. The van der Waals surface area contributed by atoms with Crippen molar-refractivity contribution in [2.45, 2.75) is 37.1 Å². The van der Waals surface area contributed by atoms with Gasteiger partial charge in [-0.05, 0) is 50.4 Å². The molecule has 1 aliphatic carbocycles. The van der Waals surface area contributed by atoms with Gasteiger partial charge in [-0.15, -0.1) is 0 Å². The predicted molar refractivity (Wildman–Crippen MR) is 85.8 cm³/mol. The van der Waals surface area contributed by atoms with Gasteiger partial charge in [0.25, 0.3) is 0 Å². The van der Waals surface area contributed by atoms with E-state index in [9.17, 15) is 8.42 Å². The average Bonchev–Trinajstić information content (AvgIpc) is 2.87. The number of ether oxygens (including phenoxy) is 1. The van der Waals surface area contributed by atoms with Crippen LogP contribution in [-0.2, 0) is 10.0 Å². The van der Waals surface area contributed by atoms with Crippen LogP contribution >= 0.6 is 15.9 Å². The van der Waals surface area contributed by atoms with Crippen LogP contribution in [0.1, 0.15) is 26.2 Å². The summed E-state index contributed by atoms with van der Waals surface area (Å²) in [5.74, 6) is 0.581. The van der Waals surface area contributed by atoms with E-state index in [0.717, 1.165) is 19.3 Å². The van der Waals surface area contributed by atoms with Crippen molar-refractivity contribution < 1.29 is 13.2 Å². The first-order valence-electron chi connectivity index (χ1n) is 7.12. The molecule has 1 fully saturated rings. The highest BCUT2D eigenvalue weighted by molar-refractivity contribution is 9.10. The van der Waals surface area contributed by atoms with Crippen LogP contribution in [0.15, 0.2) is 27.6 Å². The average molecular weight is 377 g/mol.